The fourth-order valence-corrected chi connectivity index (χ4v) is 1.32. The lowest BCUT2D eigenvalue weighted by Gasteiger charge is -2.27. The minimum atomic E-state index is -0.134. The van der Waals surface area contributed by atoms with E-state index in [1.165, 1.54) is 0 Å². The molecule has 84 valence electrons. The zero-order valence-corrected chi connectivity index (χ0v) is 10.1. The molecule has 1 rings (SSSR count). The van der Waals surface area contributed by atoms with Gasteiger partial charge in [-0.1, -0.05) is 25.1 Å². The van der Waals surface area contributed by atoms with Crippen LogP contribution in [-0.2, 0) is 0 Å². The van der Waals surface area contributed by atoms with Gasteiger partial charge in [0, 0.05) is 11.6 Å². The van der Waals surface area contributed by atoms with Crippen molar-refractivity contribution in [1.29, 1.82) is 0 Å². The molecule has 0 bridgehead atoms. The number of hydrogen-bond acceptors (Lipinski definition) is 2. The Kier molecular flexibility index (Phi) is 3.75. The minimum absolute atomic E-state index is 0.00820. The lowest BCUT2D eigenvalue weighted by Crippen LogP contribution is -2.27. The average molecular weight is 207 g/mol. The maximum atomic E-state index is 5.96. The van der Waals surface area contributed by atoms with Gasteiger partial charge < -0.3 is 10.5 Å². The van der Waals surface area contributed by atoms with E-state index in [9.17, 15) is 0 Å². The number of rotatable bonds is 4. The van der Waals surface area contributed by atoms with E-state index in [1.807, 2.05) is 31.2 Å². The topological polar surface area (TPSA) is 35.2 Å². The van der Waals surface area contributed by atoms with Crippen LogP contribution in [-0.4, -0.2) is 5.60 Å². The quantitative estimate of drug-likeness (QED) is 0.822. The number of hydrogen-bond donors (Lipinski definition) is 1. The van der Waals surface area contributed by atoms with Gasteiger partial charge in [0.1, 0.15) is 11.4 Å². The third-order valence-electron chi connectivity index (χ3n) is 2.65. The highest BCUT2D eigenvalue weighted by Crippen LogP contribution is 2.27. The predicted octanol–water partition coefficient (Wildman–Crippen LogP) is 3.27. The molecule has 0 aliphatic rings. The summed E-state index contributed by atoms with van der Waals surface area (Å²) < 4.78 is 5.96. The van der Waals surface area contributed by atoms with Crippen LogP contribution >= 0.6 is 0 Å². The Morgan fingerprint density at radius 1 is 1.33 bits per heavy atom. The van der Waals surface area contributed by atoms with Gasteiger partial charge in [-0.25, -0.2) is 0 Å². The molecular formula is C13H21NO. The molecule has 1 aromatic carbocycles. The maximum absolute atomic E-state index is 5.96. The first-order chi connectivity index (χ1) is 6.96. The van der Waals surface area contributed by atoms with Crippen LogP contribution in [0.3, 0.4) is 0 Å². The smallest absolute Gasteiger partial charge is 0.124 e. The van der Waals surface area contributed by atoms with E-state index >= 15 is 0 Å². The molecule has 0 heterocycles. The van der Waals surface area contributed by atoms with Crippen molar-refractivity contribution in [1.82, 2.24) is 0 Å². The Morgan fingerprint density at radius 3 is 2.47 bits per heavy atom. The molecule has 0 fully saturated rings. The zero-order chi connectivity index (χ0) is 11.5. The van der Waals surface area contributed by atoms with Gasteiger partial charge in [0.2, 0.25) is 0 Å². The van der Waals surface area contributed by atoms with Crippen LogP contribution in [0.5, 0.6) is 5.75 Å². The van der Waals surface area contributed by atoms with E-state index in [0.29, 0.717) is 0 Å². The molecule has 0 radical (unpaired) electrons. The van der Waals surface area contributed by atoms with Crippen molar-refractivity contribution < 1.29 is 4.74 Å². The Bertz CT molecular complexity index is 318. The van der Waals surface area contributed by atoms with Gasteiger partial charge in [0.25, 0.3) is 0 Å². The largest absolute Gasteiger partial charge is 0.488 e. The van der Waals surface area contributed by atoms with Crippen molar-refractivity contribution in [2.75, 3.05) is 0 Å². The van der Waals surface area contributed by atoms with Gasteiger partial charge in [-0.2, -0.15) is 0 Å². The summed E-state index contributed by atoms with van der Waals surface area (Å²) in [7, 11) is 0. The Morgan fingerprint density at radius 2 is 1.93 bits per heavy atom. The predicted molar refractivity (Wildman–Crippen MR) is 64.0 cm³/mol. The Labute approximate surface area is 92.4 Å². The molecule has 0 aromatic heterocycles. The zero-order valence-electron chi connectivity index (χ0n) is 10.1. The van der Waals surface area contributed by atoms with Crippen molar-refractivity contribution in [3.05, 3.63) is 29.8 Å². The lowest BCUT2D eigenvalue weighted by molar-refractivity contribution is 0.103. The second-order valence-corrected chi connectivity index (χ2v) is 4.54. The standard InChI is InChI=1S/C13H21NO/c1-5-13(3,4)15-12-9-7-6-8-11(12)10(2)14/h6-10H,5,14H2,1-4H3/t10-/m0/s1. The number of nitrogens with two attached hydrogens (primary N) is 1. The summed E-state index contributed by atoms with van der Waals surface area (Å²) in [6.07, 6.45) is 0.973. The second-order valence-electron chi connectivity index (χ2n) is 4.54. The van der Waals surface area contributed by atoms with Gasteiger partial charge in [-0.05, 0) is 33.3 Å². The highest BCUT2D eigenvalue weighted by Gasteiger charge is 2.19. The van der Waals surface area contributed by atoms with E-state index < -0.39 is 0 Å². The molecule has 0 saturated heterocycles. The van der Waals surface area contributed by atoms with Crippen LogP contribution in [0.15, 0.2) is 24.3 Å². The van der Waals surface area contributed by atoms with Crippen molar-refractivity contribution in [3.8, 4) is 5.75 Å². The van der Waals surface area contributed by atoms with Gasteiger partial charge in [0.15, 0.2) is 0 Å². The number of para-hydroxylation sites is 1. The molecule has 2 nitrogen and oxygen atoms in total. The highest BCUT2D eigenvalue weighted by atomic mass is 16.5. The minimum Gasteiger partial charge on any atom is -0.488 e. The van der Waals surface area contributed by atoms with E-state index in [1.54, 1.807) is 0 Å². The van der Waals surface area contributed by atoms with Crippen LogP contribution in [0, 0.1) is 0 Å². The van der Waals surface area contributed by atoms with E-state index in [-0.39, 0.29) is 11.6 Å². The monoisotopic (exact) mass is 207 g/mol. The van der Waals surface area contributed by atoms with Gasteiger partial charge in [0.05, 0.1) is 0 Å². The molecule has 0 spiro atoms. The molecule has 1 atom stereocenters. The molecule has 0 unspecified atom stereocenters. The number of ether oxygens (including phenoxy) is 1. The van der Waals surface area contributed by atoms with E-state index in [4.69, 9.17) is 10.5 Å². The molecule has 2 N–H and O–H groups in total. The fourth-order valence-electron chi connectivity index (χ4n) is 1.32. The van der Waals surface area contributed by atoms with Crippen LogP contribution in [0.4, 0.5) is 0 Å². The van der Waals surface area contributed by atoms with E-state index in [0.717, 1.165) is 17.7 Å². The molecule has 0 aliphatic carbocycles. The van der Waals surface area contributed by atoms with Crippen molar-refractivity contribution >= 4 is 0 Å². The summed E-state index contributed by atoms with van der Waals surface area (Å²) in [4.78, 5) is 0. The summed E-state index contributed by atoms with van der Waals surface area (Å²) in [6.45, 7) is 8.27. The van der Waals surface area contributed by atoms with Crippen LogP contribution < -0.4 is 10.5 Å². The first-order valence-corrected chi connectivity index (χ1v) is 5.50. The van der Waals surface area contributed by atoms with Crippen LogP contribution in [0.1, 0.15) is 45.7 Å². The van der Waals surface area contributed by atoms with Gasteiger partial charge >= 0.3 is 0 Å². The van der Waals surface area contributed by atoms with Crippen LogP contribution in [0.2, 0.25) is 0 Å². The summed E-state index contributed by atoms with van der Waals surface area (Å²) in [6, 6.07) is 7.98. The van der Waals surface area contributed by atoms with Gasteiger partial charge in [-0.3, -0.25) is 0 Å². The van der Waals surface area contributed by atoms with E-state index in [2.05, 4.69) is 20.8 Å². The first kappa shape index (κ1) is 12.1. The average Bonchev–Trinajstić information content (AvgIpc) is 2.18. The number of benzene rings is 1. The third kappa shape index (κ3) is 3.24. The molecule has 0 saturated carbocycles. The molecule has 0 amide bonds. The highest BCUT2D eigenvalue weighted by molar-refractivity contribution is 5.35. The second kappa shape index (κ2) is 4.67. The SMILES string of the molecule is CCC(C)(C)Oc1ccccc1[C@H](C)N. The summed E-state index contributed by atoms with van der Waals surface area (Å²) in [5.74, 6) is 0.902. The van der Waals surface area contributed by atoms with Crippen molar-refractivity contribution in [2.24, 2.45) is 5.73 Å². The molecular weight excluding hydrogens is 186 g/mol. The summed E-state index contributed by atoms with van der Waals surface area (Å²) in [5, 5.41) is 0. The Hall–Kier alpha value is -1.02. The van der Waals surface area contributed by atoms with Crippen molar-refractivity contribution in [3.63, 3.8) is 0 Å². The van der Waals surface area contributed by atoms with Crippen LogP contribution in [0.25, 0.3) is 0 Å². The molecule has 1 aromatic rings. The molecule has 15 heavy (non-hydrogen) atoms. The summed E-state index contributed by atoms with van der Waals surface area (Å²) in [5.41, 5.74) is 6.83. The van der Waals surface area contributed by atoms with Crippen molar-refractivity contribution in [2.45, 2.75) is 45.8 Å². The lowest BCUT2D eigenvalue weighted by atomic mass is 10.0. The maximum Gasteiger partial charge on any atom is 0.124 e. The summed E-state index contributed by atoms with van der Waals surface area (Å²) >= 11 is 0. The van der Waals surface area contributed by atoms with Gasteiger partial charge in [-0.15, -0.1) is 0 Å². The third-order valence-corrected chi connectivity index (χ3v) is 2.65. The normalized spacial score (nSPS) is 13.7. The molecule has 0 aliphatic heterocycles. The fraction of sp³-hybridized carbons (Fsp3) is 0.538. The molecule has 2 heteroatoms. The first-order valence-electron chi connectivity index (χ1n) is 5.50. The Balaban J connectivity index is 2.94.